The minimum Gasteiger partial charge on any atom is -0.394 e. The second-order valence-corrected chi connectivity index (χ2v) is 33.8. The van der Waals surface area contributed by atoms with Gasteiger partial charge >= 0.3 is 0 Å². The lowest BCUT2D eigenvalue weighted by Crippen LogP contribution is -2.68. The van der Waals surface area contributed by atoms with Crippen LogP contribution in [-0.2, 0) is 174 Å². The summed E-state index contributed by atoms with van der Waals surface area (Å²) in [6.45, 7) is 0.131. The summed E-state index contributed by atoms with van der Waals surface area (Å²) >= 11 is 0. The fourth-order valence-electron chi connectivity index (χ4n) is 16.9. The molecule has 4 N–H and O–H groups in total. The molecule has 0 amide bonds. The summed E-state index contributed by atoms with van der Waals surface area (Å²) in [4.78, 5) is 0. The van der Waals surface area contributed by atoms with Gasteiger partial charge in [0, 0.05) is 0 Å². The third-order valence-corrected chi connectivity index (χ3v) is 23.9. The molecule has 4 saturated heterocycles. The molecule has 0 aliphatic carbocycles. The molecule has 0 spiro atoms. The van der Waals surface area contributed by atoms with E-state index in [1.807, 2.05) is 364 Å². The van der Waals surface area contributed by atoms with Crippen molar-refractivity contribution in [3.05, 3.63) is 431 Å². The van der Waals surface area contributed by atoms with Crippen LogP contribution in [0.2, 0.25) is 0 Å². The molecule has 21 atom stereocenters. The molecule has 702 valence electrons. The minimum atomic E-state index is -1.45. The Balaban J connectivity index is 0.793. The topological polar surface area (TPSA) is 251 Å². The first-order chi connectivity index (χ1) is 66.2. The predicted octanol–water partition coefficient (Wildman–Crippen LogP) is 16.3. The molecule has 4 heterocycles. The molecule has 12 aromatic rings. The highest BCUT2D eigenvalue weighted by Crippen LogP contribution is 2.40. The number of hydrogen-bond acceptors (Lipinski definition) is 23. The monoisotopic (exact) mass is 1820 g/mol. The Hall–Kier alpha value is -10.3. The van der Waals surface area contributed by atoms with Gasteiger partial charge in [-0.1, -0.05) is 364 Å². The molecule has 0 saturated carbocycles. The molecular weight excluding hydrogens is 1700 g/mol. The summed E-state index contributed by atoms with van der Waals surface area (Å²) in [6.07, 6.45) is -21.9. The summed E-state index contributed by atoms with van der Waals surface area (Å²) in [5.74, 6) is 0. The first-order valence-corrected chi connectivity index (χ1v) is 46.2. The van der Waals surface area contributed by atoms with Gasteiger partial charge < -0.3 is 111 Å². The number of aliphatic hydroxyl groups is 2. The molecule has 16 rings (SSSR count). The number of hydrogen-bond donors (Lipinski definition) is 3. The van der Waals surface area contributed by atoms with E-state index in [1.165, 1.54) is 0 Å². The number of aliphatic hydroxyl groups excluding tert-OH is 2. The molecular formula is C111H121NO22. The maximum absolute atomic E-state index is 11.2. The van der Waals surface area contributed by atoms with E-state index in [2.05, 4.69) is 0 Å². The molecule has 134 heavy (non-hydrogen) atoms. The molecule has 4 aliphatic rings. The lowest BCUT2D eigenvalue weighted by molar-refractivity contribution is -0.375. The highest BCUT2D eigenvalue weighted by atomic mass is 16.8. The zero-order chi connectivity index (χ0) is 91.3. The van der Waals surface area contributed by atoms with E-state index in [0.29, 0.717) is 0 Å². The van der Waals surface area contributed by atoms with Crippen LogP contribution < -0.4 is 5.73 Å². The molecule has 4 fully saturated rings. The van der Waals surface area contributed by atoms with Crippen LogP contribution in [0.3, 0.4) is 0 Å². The predicted molar refractivity (Wildman–Crippen MR) is 501 cm³/mol. The third-order valence-electron chi connectivity index (χ3n) is 23.9. The van der Waals surface area contributed by atoms with Crippen molar-refractivity contribution in [1.82, 2.24) is 0 Å². The fourth-order valence-corrected chi connectivity index (χ4v) is 16.9. The van der Waals surface area contributed by atoms with E-state index >= 15 is 0 Å². The highest BCUT2D eigenvalue weighted by molar-refractivity contribution is 5.24. The van der Waals surface area contributed by atoms with Crippen molar-refractivity contribution in [3.63, 3.8) is 0 Å². The average molecular weight is 1820 g/mol. The van der Waals surface area contributed by atoms with Gasteiger partial charge in [-0.15, -0.1) is 0 Å². The average Bonchev–Trinajstić information content (AvgIpc) is 0.797. The van der Waals surface area contributed by atoms with Crippen LogP contribution in [0.15, 0.2) is 364 Å². The summed E-state index contributed by atoms with van der Waals surface area (Å²) in [7, 11) is 0. The molecule has 0 unspecified atom stereocenters. The fraction of sp³-hybridized carbons (Fsp3) is 0.351. The van der Waals surface area contributed by atoms with Gasteiger partial charge in [0.1, 0.15) is 97.7 Å². The SMILES string of the molecule is N[C@H]1[C@H](O[C@H]2[C@@H](OC[C@H](O)CO)O[C@H](COCc3ccccc3)[C@@H](OCc3ccccc3)[C@@H]2OCc2ccccc2)O[C@H](CO[C@@H]2O[C@H](CO[C@H]3O[C@H](COCc4ccccc4)[C@H](OCc4ccccc4)[C@H](OCc4ccccc4)[C@H]3OCc3ccccc3)[C@H](OCc3ccccc3)[C@H](OCc3ccccc3)[C@H]2OCc2ccccc2)[C@H](OCc2ccccc2)[C@@H]1OCc1ccccc1. The normalized spacial score (nSPS) is 25.5. The van der Waals surface area contributed by atoms with Crippen molar-refractivity contribution in [2.45, 2.75) is 208 Å². The Morgan fingerprint density at radius 1 is 0.209 bits per heavy atom. The van der Waals surface area contributed by atoms with E-state index in [1.54, 1.807) is 0 Å². The lowest BCUT2D eigenvalue weighted by atomic mass is 9.95. The summed E-state index contributed by atoms with van der Waals surface area (Å²) in [5, 5.41) is 21.7. The van der Waals surface area contributed by atoms with Crippen molar-refractivity contribution >= 4 is 0 Å². The van der Waals surface area contributed by atoms with Crippen molar-refractivity contribution < 1.29 is 105 Å². The van der Waals surface area contributed by atoms with Crippen LogP contribution in [0.1, 0.15) is 66.8 Å². The molecule has 0 bridgehead atoms. The zero-order valence-electron chi connectivity index (χ0n) is 75.1. The van der Waals surface area contributed by atoms with Crippen molar-refractivity contribution in [2.24, 2.45) is 5.73 Å². The number of ether oxygens (including phenoxy) is 20. The van der Waals surface area contributed by atoms with Gasteiger partial charge in [-0.3, -0.25) is 0 Å². The van der Waals surface area contributed by atoms with Crippen LogP contribution in [0, 0.1) is 0 Å². The minimum absolute atomic E-state index is 0.00669. The second kappa shape index (κ2) is 52.2. The smallest absolute Gasteiger partial charge is 0.187 e. The van der Waals surface area contributed by atoms with E-state index in [9.17, 15) is 10.2 Å². The van der Waals surface area contributed by atoms with Crippen molar-refractivity contribution in [1.29, 1.82) is 0 Å². The van der Waals surface area contributed by atoms with E-state index in [0.717, 1.165) is 66.8 Å². The molecule has 0 radical (unpaired) electrons. The first-order valence-electron chi connectivity index (χ1n) is 46.2. The Morgan fingerprint density at radius 3 is 0.657 bits per heavy atom. The van der Waals surface area contributed by atoms with Crippen LogP contribution in [0.5, 0.6) is 0 Å². The molecule has 12 aromatic carbocycles. The van der Waals surface area contributed by atoms with Crippen LogP contribution in [-0.4, -0.2) is 179 Å². The first kappa shape index (κ1) is 96.8. The molecule has 23 nitrogen and oxygen atoms in total. The quantitative estimate of drug-likeness (QED) is 0.0320. The zero-order valence-corrected chi connectivity index (χ0v) is 75.1. The lowest BCUT2D eigenvalue weighted by Gasteiger charge is -2.50. The van der Waals surface area contributed by atoms with Crippen LogP contribution in [0.4, 0.5) is 0 Å². The van der Waals surface area contributed by atoms with E-state index < -0.39 is 142 Å². The summed E-state index contributed by atoms with van der Waals surface area (Å²) in [6, 6.07) is 117. The maximum Gasteiger partial charge on any atom is 0.187 e. The molecule has 0 aromatic heterocycles. The van der Waals surface area contributed by atoms with Gasteiger partial charge in [-0.25, -0.2) is 0 Å². The van der Waals surface area contributed by atoms with Gasteiger partial charge in [0.2, 0.25) is 0 Å². The standard InChI is InChI=1S/C111H121NO22/c112-96-101(121-68-85-49-25-7-26-50-85)97(117-64-81-41-17-3-18-42-81)94(130-108(96)134-107-104(124-71-88-55-31-10-32-56-88)99(119-66-83-45-21-5-22-46-83)93(132-111(107)127-74-91(114)61-113)76-116-63-80-39-15-2-16-40-80)77-128-110-106(126-73-90-59-35-12-36-60-90)103(123-70-87-53-29-9-30-54-87)100(120-67-84-47-23-6-24-48-84)95(133-110)78-129-109-105(125-72-89-57-33-11-34-58-89)102(122-69-86-51-27-8-28-52-86)98(118-65-82-43-19-4-20-44-82)92(131-109)75-115-62-79-37-13-1-14-38-79/h1-60,91-111,113-114H,61-78,112H2/t91-,92-,93-,94-,95-,96-,97+,98+,99-,100+,101-,102+,103+,104+,105-,106-,107-,108+,109+,110-,111+/m1/s1. The maximum atomic E-state index is 11.2. The van der Waals surface area contributed by atoms with Gasteiger partial charge in [-0.05, 0) is 66.8 Å². The van der Waals surface area contributed by atoms with Crippen molar-refractivity contribution in [2.75, 3.05) is 39.6 Å². The molecule has 23 heteroatoms. The number of benzene rings is 12. The Labute approximate surface area is 784 Å². The van der Waals surface area contributed by atoms with Gasteiger partial charge in [0.05, 0.1) is 125 Å². The van der Waals surface area contributed by atoms with Crippen molar-refractivity contribution in [3.8, 4) is 0 Å². The third kappa shape index (κ3) is 28.7. The van der Waals surface area contributed by atoms with Crippen LogP contribution >= 0.6 is 0 Å². The number of rotatable bonds is 50. The second-order valence-electron chi connectivity index (χ2n) is 33.8. The Bertz CT molecular complexity index is 5190. The van der Waals surface area contributed by atoms with E-state index in [4.69, 9.17) is 100 Å². The Morgan fingerprint density at radius 2 is 0.403 bits per heavy atom. The highest BCUT2D eigenvalue weighted by Gasteiger charge is 2.57. The Kier molecular flexibility index (Phi) is 37.7. The summed E-state index contributed by atoms with van der Waals surface area (Å²) < 4.78 is 145. The molecule has 4 aliphatic heterocycles. The van der Waals surface area contributed by atoms with Gasteiger partial charge in [-0.2, -0.15) is 0 Å². The summed E-state index contributed by atoms with van der Waals surface area (Å²) in [5.41, 5.74) is 18.5. The largest absolute Gasteiger partial charge is 0.394 e. The number of nitrogens with two attached hydrogens (primary N) is 1. The van der Waals surface area contributed by atoms with Crippen LogP contribution in [0.25, 0.3) is 0 Å². The van der Waals surface area contributed by atoms with E-state index in [-0.39, 0.29) is 106 Å². The van der Waals surface area contributed by atoms with Gasteiger partial charge in [0.25, 0.3) is 0 Å². The van der Waals surface area contributed by atoms with Gasteiger partial charge in [0.15, 0.2) is 25.2 Å².